The van der Waals surface area contributed by atoms with Gasteiger partial charge in [-0.15, -0.1) is 0 Å². The van der Waals surface area contributed by atoms with Crippen LogP contribution in [0.3, 0.4) is 0 Å². The van der Waals surface area contributed by atoms with Crippen LogP contribution in [-0.4, -0.2) is 9.97 Å². The van der Waals surface area contributed by atoms with E-state index in [-0.39, 0.29) is 5.43 Å². The number of nitrogens with one attached hydrogen (secondary N) is 2. The van der Waals surface area contributed by atoms with Crippen molar-refractivity contribution in [1.29, 1.82) is 0 Å². The molecule has 0 radical (unpaired) electrons. The number of aromatic nitrogens is 2. The molecule has 0 atom stereocenters. The molecule has 2 aromatic heterocycles. The van der Waals surface area contributed by atoms with E-state index in [1.807, 2.05) is 30.3 Å². The molecule has 1 aromatic carbocycles. The predicted octanol–water partition coefficient (Wildman–Crippen LogP) is 2.01. The van der Waals surface area contributed by atoms with Crippen LogP contribution in [0.15, 0.2) is 41.3 Å². The summed E-state index contributed by atoms with van der Waals surface area (Å²) in [6.07, 6.45) is 1.77. The maximum absolute atomic E-state index is 11.9. The largest absolute Gasteiger partial charge is 0.357 e. The normalized spacial score (nSPS) is 11.1. The Labute approximate surface area is 79.4 Å². The highest BCUT2D eigenvalue weighted by atomic mass is 16.1. The van der Waals surface area contributed by atoms with Gasteiger partial charge in [-0.25, -0.2) is 0 Å². The Morgan fingerprint density at radius 2 is 1.86 bits per heavy atom. The third kappa shape index (κ3) is 0.836. The fourth-order valence-corrected chi connectivity index (χ4v) is 1.73. The average Bonchev–Trinajstić information content (AvgIpc) is 2.66. The molecule has 68 valence electrons. The van der Waals surface area contributed by atoms with Crippen LogP contribution >= 0.6 is 0 Å². The first kappa shape index (κ1) is 7.38. The van der Waals surface area contributed by atoms with Crippen LogP contribution in [0.1, 0.15) is 0 Å². The summed E-state index contributed by atoms with van der Waals surface area (Å²) in [5, 5.41) is 0.724. The Morgan fingerprint density at radius 3 is 2.79 bits per heavy atom. The van der Waals surface area contributed by atoms with Gasteiger partial charge < -0.3 is 9.97 Å². The second-order valence-corrected chi connectivity index (χ2v) is 3.27. The minimum Gasteiger partial charge on any atom is -0.357 e. The number of H-pyrrole nitrogens is 2. The summed E-state index contributed by atoms with van der Waals surface area (Å²) in [6, 6.07) is 9.38. The quantitative estimate of drug-likeness (QED) is 0.551. The maximum atomic E-state index is 11.9. The van der Waals surface area contributed by atoms with E-state index in [1.165, 1.54) is 0 Å². The lowest BCUT2D eigenvalue weighted by atomic mass is 10.2. The summed E-state index contributed by atoms with van der Waals surface area (Å²) < 4.78 is 0. The molecule has 0 unspecified atom stereocenters. The van der Waals surface area contributed by atoms with Crippen LogP contribution < -0.4 is 5.43 Å². The van der Waals surface area contributed by atoms with Crippen LogP contribution in [0.5, 0.6) is 0 Å². The molecule has 3 aromatic rings. The van der Waals surface area contributed by atoms with Crippen molar-refractivity contribution in [2.24, 2.45) is 0 Å². The molecule has 0 aliphatic heterocycles. The fraction of sp³-hybridized carbons (Fsp3) is 0. The summed E-state index contributed by atoms with van der Waals surface area (Å²) in [5.74, 6) is 0. The second kappa shape index (κ2) is 2.48. The van der Waals surface area contributed by atoms with E-state index in [0.29, 0.717) is 5.52 Å². The van der Waals surface area contributed by atoms with E-state index in [1.54, 1.807) is 6.20 Å². The molecule has 0 aliphatic rings. The first-order valence-corrected chi connectivity index (χ1v) is 4.44. The molecule has 0 fully saturated rings. The van der Waals surface area contributed by atoms with Crippen LogP contribution in [-0.2, 0) is 0 Å². The molecule has 0 spiro atoms. The van der Waals surface area contributed by atoms with Gasteiger partial charge in [-0.05, 0) is 18.2 Å². The monoisotopic (exact) mass is 184 g/mol. The van der Waals surface area contributed by atoms with Gasteiger partial charge in [0, 0.05) is 17.1 Å². The zero-order valence-electron chi connectivity index (χ0n) is 7.37. The fourth-order valence-electron chi connectivity index (χ4n) is 1.73. The second-order valence-electron chi connectivity index (χ2n) is 3.27. The van der Waals surface area contributed by atoms with Crippen molar-refractivity contribution < 1.29 is 0 Å². The molecule has 2 heterocycles. The van der Waals surface area contributed by atoms with Crippen molar-refractivity contribution in [3.8, 4) is 0 Å². The van der Waals surface area contributed by atoms with E-state index in [0.717, 1.165) is 16.4 Å². The maximum Gasteiger partial charge on any atom is 0.213 e. The summed E-state index contributed by atoms with van der Waals surface area (Å²) in [4.78, 5) is 18.0. The Bertz CT molecular complexity index is 663. The highest BCUT2D eigenvalue weighted by Gasteiger charge is 2.03. The van der Waals surface area contributed by atoms with Crippen LogP contribution in [0.2, 0.25) is 0 Å². The number of para-hydroxylation sites is 1. The topological polar surface area (TPSA) is 48.6 Å². The Morgan fingerprint density at radius 1 is 1.00 bits per heavy atom. The Hall–Kier alpha value is -2.03. The molecular formula is C11H8N2O. The highest BCUT2D eigenvalue weighted by molar-refractivity contribution is 5.90. The van der Waals surface area contributed by atoms with Gasteiger partial charge in [-0.1, -0.05) is 12.1 Å². The molecule has 2 N–H and O–H groups in total. The third-order valence-corrected chi connectivity index (χ3v) is 2.42. The number of pyridine rings is 1. The van der Waals surface area contributed by atoms with Gasteiger partial charge in [0.2, 0.25) is 5.43 Å². The third-order valence-electron chi connectivity index (χ3n) is 2.42. The number of fused-ring (bicyclic) bond motifs is 2. The molecule has 3 nitrogen and oxygen atoms in total. The minimum atomic E-state index is 0.0550. The van der Waals surface area contributed by atoms with Crippen molar-refractivity contribution in [1.82, 2.24) is 9.97 Å². The number of rotatable bonds is 0. The average molecular weight is 184 g/mol. The molecule has 0 bridgehead atoms. The molecule has 0 saturated heterocycles. The van der Waals surface area contributed by atoms with Crippen molar-refractivity contribution in [2.75, 3.05) is 0 Å². The van der Waals surface area contributed by atoms with Gasteiger partial charge in [0.25, 0.3) is 0 Å². The predicted molar refractivity (Wildman–Crippen MR) is 56.4 cm³/mol. The van der Waals surface area contributed by atoms with E-state index in [9.17, 15) is 4.79 Å². The van der Waals surface area contributed by atoms with Gasteiger partial charge in [-0.3, -0.25) is 4.79 Å². The molecule has 0 amide bonds. The van der Waals surface area contributed by atoms with Crippen molar-refractivity contribution >= 4 is 21.9 Å². The summed E-state index contributed by atoms with van der Waals surface area (Å²) in [7, 11) is 0. The first-order valence-electron chi connectivity index (χ1n) is 4.44. The molecule has 0 saturated carbocycles. The highest BCUT2D eigenvalue weighted by Crippen LogP contribution is 2.12. The standard InChI is InChI=1S/C11H8N2O/c14-11-7-3-1-2-4-8(7)13-9-5-6-12-10(9)11/h1-6,12H,(H,13,14). The minimum absolute atomic E-state index is 0.0550. The van der Waals surface area contributed by atoms with Crippen LogP contribution in [0.25, 0.3) is 21.9 Å². The number of hydrogen-bond donors (Lipinski definition) is 2. The Kier molecular flexibility index (Phi) is 1.31. The number of hydrogen-bond acceptors (Lipinski definition) is 1. The van der Waals surface area contributed by atoms with Gasteiger partial charge in [0.15, 0.2) is 0 Å². The molecule has 0 aliphatic carbocycles. The molecule has 3 heteroatoms. The van der Waals surface area contributed by atoms with Crippen molar-refractivity contribution in [2.45, 2.75) is 0 Å². The zero-order valence-corrected chi connectivity index (χ0v) is 7.37. The van der Waals surface area contributed by atoms with Gasteiger partial charge >= 0.3 is 0 Å². The van der Waals surface area contributed by atoms with Crippen LogP contribution in [0, 0.1) is 0 Å². The number of aromatic amines is 2. The SMILES string of the molecule is O=c1c2ccccc2[nH]c2cc[nH]c12. The number of benzene rings is 1. The van der Waals surface area contributed by atoms with Gasteiger partial charge in [-0.2, -0.15) is 0 Å². The summed E-state index contributed by atoms with van der Waals surface area (Å²) in [6.45, 7) is 0. The van der Waals surface area contributed by atoms with E-state index in [4.69, 9.17) is 0 Å². The molecular weight excluding hydrogens is 176 g/mol. The van der Waals surface area contributed by atoms with E-state index < -0.39 is 0 Å². The van der Waals surface area contributed by atoms with Crippen molar-refractivity contribution in [3.05, 3.63) is 46.8 Å². The smallest absolute Gasteiger partial charge is 0.213 e. The van der Waals surface area contributed by atoms with E-state index >= 15 is 0 Å². The Balaban J connectivity index is 2.70. The first-order chi connectivity index (χ1) is 6.86. The zero-order chi connectivity index (χ0) is 9.54. The van der Waals surface area contributed by atoms with Gasteiger partial charge in [0.05, 0.1) is 5.52 Å². The lowest BCUT2D eigenvalue weighted by Gasteiger charge is -1.97. The summed E-state index contributed by atoms with van der Waals surface area (Å²) >= 11 is 0. The summed E-state index contributed by atoms with van der Waals surface area (Å²) in [5.41, 5.74) is 2.43. The van der Waals surface area contributed by atoms with Gasteiger partial charge in [0.1, 0.15) is 5.52 Å². The molecule has 3 rings (SSSR count). The lowest BCUT2D eigenvalue weighted by molar-refractivity contribution is 1.44. The van der Waals surface area contributed by atoms with Crippen molar-refractivity contribution in [3.63, 3.8) is 0 Å². The lowest BCUT2D eigenvalue weighted by Crippen LogP contribution is -2.03. The molecule has 14 heavy (non-hydrogen) atoms. The van der Waals surface area contributed by atoms with Crippen LogP contribution in [0.4, 0.5) is 0 Å². The van der Waals surface area contributed by atoms with E-state index in [2.05, 4.69) is 9.97 Å².